The van der Waals surface area contributed by atoms with E-state index in [0.29, 0.717) is 19.3 Å². The number of esters is 3. The summed E-state index contributed by atoms with van der Waals surface area (Å²) in [6.45, 7) is 6.40. The number of carbonyl (C=O) groups excluding carboxylic acids is 3. The van der Waals surface area contributed by atoms with Crippen LogP contribution in [-0.4, -0.2) is 37.2 Å². The Kier molecular flexibility index (Phi) is 47.5. The fraction of sp³-hybridized carbons (Fsp3) is 0.696. The Morgan fingerprint density at radius 2 is 0.694 bits per heavy atom. The molecule has 354 valence electrons. The number of rotatable bonds is 45. The molecule has 0 aromatic heterocycles. The molecular weight excluding hydrogens is 769 g/mol. The van der Waals surface area contributed by atoms with Gasteiger partial charge in [-0.15, -0.1) is 0 Å². The van der Waals surface area contributed by atoms with Gasteiger partial charge in [-0.3, -0.25) is 14.4 Å². The predicted octanol–water partition coefficient (Wildman–Crippen LogP) is 16.8. The van der Waals surface area contributed by atoms with E-state index >= 15 is 0 Å². The number of unbranched alkanes of at least 4 members (excludes halogenated alkanes) is 21. The van der Waals surface area contributed by atoms with Crippen LogP contribution in [0.4, 0.5) is 0 Å². The second kappa shape index (κ2) is 50.2. The van der Waals surface area contributed by atoms with Gasteiger partial charge in [0.15, 0.2) is 6.10 Å². The van der Waals surface area contributed by atoms with Crippen molar-refractivity contribution in [1.82, 2.24) is 0 Å². The van der Waals surface area contributed by atoms with Gasteiger partial charge in [0.05, 0.1) is 0 Å². The van der Waals surface area contributed by atoms with Gasteiger partial charge in [0.25, 0.3) is 0 Å². The van der Waals surface area contributed by atoms with E-state index in [1.807, 2.05) is 0 Å². The molecule has 1 atom stereocenters. The SMILES string of the molecule is CC/C=C\C/C=C\C/C=C\C/C=C\CCCCCC(=O)OC(COC(=O)CCC/C=C\CCCCCC)COC(=O)CCCCCCCCCCCC/C=C\C=C/CCCCC. The van der Waals surface area contributed by atoms with Crippen LogP contribution >= 0.6 is 0 Å². The van der Waals surface area contributed by atoms with Crippen LogP contribution in [0, 0.1) is 0 Å². The normalized spacial score (nSPS) is 12.8. The fourth-order valence-electron chi connectivity index (χ4n) is 6.78. The summed E-state index contributed by atoms with van der Waals surface area (Å²) < 4.78 is 16.7. The van der Waals surface area contributed by atoms with Crippen molar-refractivity contribution in [2.75, 3.05) is 13.2 Å². The minimum absolute atomic E-state index is 0.100. The Bertz CT molecular complexity index is 1220. The van der Waals surface area contributed by atoms with Gasteiger partial charge in [0, 0.05) is 19.3 Å². The molecule has 0 aromatic rings. The molecule has 0 aliphatic rings. The molecule has 0 aliphatic carbocycles. The van der Waals surface area contributed by atoms with Crippen molar-refractivity contribution in [1.29, 1.82) is 0 Å². The van der Waals surface area contributed by atoms with Crippen molar-refractivity contribution in [3.63, 3.8) is 0 Å². The second-order valence-corrected chi connectivity index (χ2v) is 16.7. The molecule has 62 heavy (non-hydrogen) atoms. The van der Waals surface area contributed by atoms with E-state index in [1.165, 1.54) is 103 Å². The predicted molar refractivity (Wildman–Crippen MR) is 265 cm³/mol. The van der Waals surface area contributed by atoms with Gasteiger partial charge < -0.3 is 14.2 Å². The molecule has 0 saturated carbocycles. The van der Waals surface area contributed by atoms with Crippen molar-refractivity contribution in [2.24, 2.45) is 0 Å². The van der Waals surface area contributed by atoms with Crippen LogP contribution in [0.2, 0.25) is 0 Å². The van der Waals surface area contributed by atoms with Gasteiger partial charge in [0.2, 0.25) is 0 Å². The summed E-state index contributed by atoms with van der Waals surface area (Å²) in [7, 11) is 0. The van der Waals surface area contributed by atoms with E-state index in [4.69, 9.17) is 14.2 Å². The van der Waals surface area contributed by atoms with Crippen LogP contribution in [0.1, 0.15) is 233 Å². The first-order chi connectivity index (χ1) is 30.5. The number of hydrogen-bond acceptors (Lipinski definition) is 6. The largest absolute Gasteiger partial charge is 0.462 e. The third-order valence-corrected chi connectivity index (χ3v) is 10.6. The molecular formula is C56H94O6. The summed E-state index contributed by atoms with van der Waals surface area (Å²) in [5.74, 6) is -0.975. The highest BCUT2D eigenvalue weighted by Gasteiger charge is 2.19. The first-order valence-electron chi connectivity index (χ1n) is 25.6. The molecule has 0 amide bonds. The molecule has 0 saturated heterocycles. The van der Waals surface area contributed by atoms with Crippen molar-refractivity contribution in [3.05, 3.63) is 85.1 Å². The topological polar surface area (TPSA) is 78.9 Å². The smallest absolute Gasteiger partial charge is 0.306 e. The first-order valence-corrected chi connectivity index (χ1v) is 25.6. The van der Waals surface area contributed by atoms with Gasteiger partial charge in [0.1, 0.15) is 13.2 Å². The molecule has 0 aliphatic heterocycles. The van der Waals surface area contributed by atoms with Gasteiger partial charge in [-0.05, 0) is 103 Å². The number of ether oxygens (including phenoxy) is 3. The summed E-state index contributed by atoms with van der Waals surface area (Å²) in [4.78, 5) is 37.9. The van der Waals surface area contributed by atoms with Crippen LogP contribution < -0.4 is 0 Å². The lowest BCUT2D eigenvalue weighted by molar-refractivity contribution is -0.167. The number of carbonyl (C=O) groups is 3. The van der Waals surface area contributed by atoms with Gasteiger partial charge in [-0.25, -0.2) is 0 Å². The van der Waals surface area contributed by atoms with Crippen molar-refractivity contribution in [2.45, 2.75) is 239 Å². The Labute approximate surface area is 382 Å². The number of allylic oxidation sites excluding steroid dienone is 14. The summed E-state index contributed by atoms with van der Waals surface area (Å²) in [6.07, 6.45) is 64.4. The summed E-state index contributed by atoms with van der Waals surface area (Å²) >= 11 is 0. The van der Waals surface area contributed by atoms with Gasteiger partial charge in [-0.2, -0.15) is 0 Å². The zero-order chi connectivity index (χ0) is 45.1. The molecule has 0 rings (SSSR count). The van der Waals surface area contributed by atoms with E-state index in [2.05, 4.69) is 106 Å². The summed E-state index contributed by atoms with van der Waals surface area (Å²) in [6, 6.07) is 0. The lowest BCUT2D eigenvalue weighted by atomic mass is 10.1. The molecule has 1 unspecified atom stereocenters. The van der Waals surface area contributed by atoms with Crippen LogP contribution in [-0.2, 0) is 28.6 Å². The Morgan fingerprint density at radius 1 is 0.355 bits per heavy atom. The van der Waals surface area contributed by atoms with Crippen molar-refractivity contribution < 1.29 is 28.6 Å². The lowest BCUT2D eigenvalue weighted by Crippen LogP contribution is -2.30. The van der Waals surface area contributed by atoms with Crippen LogP contribution in [0.3, 0.4) is 0 Å². The highest BCUT2D eigenvalue weighted by molar-refractivity contribution is 5.71. The Balaban J connectivity index is 4.39. The molecule has 0 aromatic carbocycles. The second-order valence-electron chi connectivity index (χ2n) is 16.7. The molecule has 0 radical (unpaired) electrons. The van der Waals surface area contributed by atoms with E-state index in [1.54, 1.807) is 0 Å². The van der Waals surface area contributed by atoms with E-state index in [9.17, 15) is 14.4 Å². The van der Waals surface area contributed by atoms with E-state index < -0.39 is 6.10 Å². The first kappa shape index (κ1) is 58.6. The van der Waals surface area contributed by atoms with Crippen LogP contribution in [0.15, 0.2) is 85.1 Å². The Hall–Kier alpha value is -3.41. The minimum Gasteiger partial charge on any atom is -0.462 e. The highest BCUT2D eigenvalue weighted by Crippen LogP contribution is 2.14. The third-order valence-electron chi connectivity index (χ3n) is 10.6. The van der Waals surface area contributed by atoms with Crippen molar-refractivity contribution in [3.8, 4) is 0 Å². The zero-order valence-corrected chi connectivity index (χ0v) is 40.4. The lowest BCUT2D eigenvalue weighted by Gasteiger charge is -2.18. The molecule has 0 spiro atoms. The molecule has 0 fully saturated rings. The maximum atomic E-state index is 12.8. The average Bonchev–Trinajstić information content (AvgIpc) is 3.27. The standard InChI is InChI=1S/C56H94O6/c1-4-7-10-13-16-19-21-23-25-27-28-29-31-32-34-37-40-43-46-49-55(58)61-52-53(51-60-54(57)48-45-42-39-36-18-15-12-9-6-3)62-56(59)50-47-44-41-38-35-33-30-26-24-22-20-17-14-11-8-5-2/h8,11,16-17,19-21,23-24,26,33,35-36,39,53H,4-7,9-10,12-15,18,22,25,27-32,34,37-38,40-52H2,1-3H3/b11-8-,19-16-,20-17-,23-21-,26-24-,35-33-,39-36-. The molecule has 6 nitrogen and oxygen atoms in total. The zero-order valence-electron chi connectivity index (χ0n) is 40.4. The third kappa shape index (κ3) is 47.6. The molecule has 0 N–H and O–H groups in total. The van der Waals surface area contributed by atoms with Crippen molar-refractivity contribution >= 4 is 17.9 Å². The monoisotopic (exact) mass is 863 g/mol. The van der Waals surface area contributed by atoms with Gasteiger partial charge >= 0.3 is 17.9 Å². The maximum absolute atomic E-state index is 12.8. The molecule has 0 heterocycles. The average molecular weight is 863 g/mol. The van der Waals surface area contributed by atoms with Gasteiger partial charge in [-0.1, -0.05) is 196 Å². The maximum Gasteiger partial charge on any atom is 0.306 e. The Morgan fingerprint density at radius 3 is 1.21 bits per heavy atom. The fourth-order valence-corrected chi connectivity index (χ4v) is 6.78. The van der Waals surface area contributed by atoms with E-state index in [0.717, 1.165) is 83.5 Å². The summed E-state index contributed by atoms with van der Waals surface area (Å²) in [5, 5.41) is 0. The summed E-state index contributed by atoms with van der Waals surface area (Å²) in [5.41, 5.74) is 0. The van der Waals surface area contributed by atoms with E-state index in [-0.39, 0.29) is 37.5 Å². The molecule has 0 bridgehead atoms. The quantitative estimate of drug-likeness (QED) is 0.0199. The number of hydrogen-bond donors (Lipinski definition) is 0. The highest BCUT2D eigenvalue weighted by atomic mass is 16.6. The minimum atomic E-state index is -0.804. The molecule has 6 heteroatoms. The van der Waals surface area contributed by atoms with Crippen LogP contribution in [0.25, 0.3) is 0 Å². The van der Waals surface area contributed by atoms with Crippen LogP contribution in [0.5, 0.6) is 0 Å².